The molecular formula is C27H31ClN2O3. The summed E-state index contributed by atoms with van der Waals surface area (Å²) in [6, 6.07) is 12.4. The maximum Gasteiger partial charge on any atom is 0.408 e. The van der Waals surface area contributed by atoms with Crippen molar-refractivity contribution in [2.75, 3.05) is 26.7 Å². The fourth-order valence-electron chi connectivity index (χ4n) is 6.79. The summed E-state index contributed by atoms with van der Waals surface area (Å²) in [7, 11) is 1.64. The molecule has 1 unspecified atom stereocenters. The first kappa shape index (κ1) is 21.3. The molecule has 2 aliphatic carbocycles. The second-order valence-electron chi connectivity index (χ2n) is 10.4. The average Bonchev–Trinajstić information content (AvgIpc) is 3.61. The number of benzene rings is 2. The van der Waals surface area contributed by atoms with Crippen molar-refractivity contribution in [2.24, 2.45) is 11.3 Å². The molecule has 1 N–H and O–H groups in total. The minimum absolute atomic E-state index is 0.0373. The van der Waals surface area contributed by atoms with Crippen molar-refractivity contribution < 1.29 is 14.6 Å². The molecule has 4 fully saturated rings. The molecule has 2 aromatic carbocycles. The minimum atomic E-state index is -0.750. The number of carbonyl (C=O) groups is 1. The van der Waals surface area contributed by atoms with Crippen molar-refractivity contribution in [3.8, 4) is 16.9 Å². The molecule has 2 aromatic rings. The van der Waals surface area contributed by atoms with Gasteiger partial charge in [0.1, 0.15) is 5.75 Å². The molecule has 3 saturated heterocycles. The maximum atomic E-state index is 12.8. The summed E-state index contributed by atoms with van der Waals surface area (Å²) in [5.41, 5.74) is 4.67. The van der Waals surface area contributed by atoms with Crippen molar-refractivity contribution in [2.45, 2.75) is 50.6 Å². The number of piperidine rings is 3. The third-order valence-corrected chi connectivity index (χ3v) is 9.08. The highest BCUT2D eigenvalue weighted by Gasteiger charge is 2.57. The molecule has 1 amide bonds. The van der Waals surface area contributed by atoms with E-state index in [9.17, 15) is 9.90 Å². The fourth-order valence-corrected chi connectivity index (χ4v) is 7.06. The van der Waals surface area contributed by atoms with Gasteiger partial charge < -0.3 is 14.7 Å². The van der Waals surface area contributed by atoms with Crippen molar-refractivity contribution in [3.63, 3.8) is 0 Å². The Morgan fingerprint density at radius 1 is 1.15 bits per heavy atom. The summed E-state index contributed by atoms with van der Waals surface area (Å²) in [5.74, 6) is 1.23. The molecule has 1 saturated carbocycles. The zero-order valence-corrected chi connectivity index (χ0v) is 19.9. The number of rotatable bonds is 4. The lowest BCUT2D eigenvalue weighted by atomic mass is 9.73. The Morgan fingerprint density at radius 3 is 2.55 bits per heavy atom. The van der Waals surface area contributed by atoms with E-state index in [2.05, 4.69) is 23.1 Å². The van der Waals surface area contributed by atoms with E-state index in [1.807, 2.05) is 23.1 Å². The monoisotopic (exact) mass is 466 g/mol. The molecular weight excluding hydrogens is 436 g/mol. The number of hydrogen-bond acceptors (Lipinski definition) is 3. The molecule has 5 aliphatic rings. The highest BCUT2D eigenvalue weighted by Crippen LogP contribution is 2.64. The molecule has 7 rings (SSSR count). The van der Waals surface area contributed by atoms with E-state index >= 15 is 0 Å². The van der Waals surface area contributed by atoms with Crippen LogP contribution in [0.2, 0.25) is 5.02 Å². The van der Waals surface area contributed by atoms with Crippen LogP contribution in [0.15, 0.2) is 36.4 Å². The summed E-state index contributed by atoms with van der Waals surface area (Å²) in [5, 5.41) is 11.2. The van der Waals surface area contributed by atoms with Gasteiger partial charge in [-0.05, 0) is 97.8 Å². The number of amides is 1. The third kappa shape index (κ3) is 3.52. The summed E-state index contributed by atoms with van der Waals surface area (Å²) < 4.78 is 5.30. The SMILES string of the molecule is COc1ccc(-c2ccc3c(c2)CCC2(CC2)[C@@H]3N(C(=O)O)C2CN3CCC2CC3)c(Cl)c1. The lowest BCUT2D eigenvalue weighted by molar-refractivity contribution is -0.0243. The molecule has 0 radical (unpaired) electrons. The van der Waals surface area contributed by atoms with Crippen LogP contribution >= 0.6 is 11.6 Å². The number of nitrogens with zero attached hydrogens (tertiary/aromatic N) is 2. The van der Waals surface area contributed by atoms with Gasteiger partial charge in [-0.3, -0.25) is 4.90 Å². The van der Waals surface area contributed by atoms with Crippen LogP contribution in [0.4, 0.5) is 4.79 Å². The Bertz CT molecular complexity index is 1090. The van der Waals surface area contributed by atoms with Gasteiger partial charge in [0.15, 0.2) is 0 Å². The Balaban J connectivity index is 1.39. The number of methoxy groups -OCH3 is 1. The van der Waals surface area contributed by atoms with E-state index < -0.39 is 6.09 Å². The summed E-state index contributed by atoms with van der Waals surface area (Å²) in [6.45, 7) is 3.12. The summed E-state index contributed by atoms with van der Waals surface area (Å²) in [6.07, 6.45) is 5.82. The zero-order valence-electron chi connectivity index (χ0n) is 19.1. The Hall–Kier alpha value is -2.24. The van der Waals surface area contributed by atoms with E-state index in [4.69, 9.17) is 16.3 Å². The molecule has 174 valence electrons. The van der Waals surface area contributed by atoms with Gasteiger partial charge in [0.25, 0.3) is 0 Å². The number of aryl methyl sites for hydroxylation is 1. The first-order chi connectivity index (χ1) is 16.0. The molecule has 0 aromatic heterocycles. The van der Waals surface area contributed by atoms with Crippen LogP contribution in [0.25, 0.3) is 11.1 Å². The molecule has 3 aliphatic heterocycles. The van der Waals surface area contributed by atoms with Crippen LogP contribution in [0.1, 0.15) is 49.3 Å². The van der Waals surface area contributed by atoms with Gasteiger partial charge in [-0.15, -0.1) is 0 Å². The second kappa shape index (κ2) is 7.92. The molecule has 2 bridgehead atoms. The lowest BCUT2D eigenvalue weighted by Crippen LogP contribution is -2.60. The average molecular weight is 467 g/mol. The molecule has 2 atom stereocenters. The Morgan fingerprint density at radius 2 is 1.94 bits per heavy atom. The standard InChI is InChI=1S/C27H31ClN2O3/c1-33-20-3-5-21(23(28)15-20)18-2-4-22-19(14-18)6-9-27(10-11-27)25(22)30(26(31)32)24-16-29-12-7-17(24)8-13-29/h2-5,14-15,17,24-25H,6-13,16H2,1H3,(H,31,32)/t24?,25-/m1/s1. The largest absolute Gasteiger partial charge is 0.497 e. The van der Waals surface area contributed by atoms with E-state index in [1.165, 1.54) is 11.1 Å². The number of hydrogen-bond donors (Lipinski definition) is 1. The second-order valence-corrected chi connectivity index (χ2v) is 10.8. The molecule has 1 spiro atoms. The van der Waals surface area contributed by atoms with Gasteiger partial charge >= 0.3 is 6.09 Å². The number of carboxylic acid groups (broad SMARTS) is 1. The van der Waals surface area contributed by atoms with Crippen molar-refractivity contribution in [1.29, 1.82) is 0 Å². The first-order valence-corrected chi connectivity index (χ1v) is 12.6. The minimum Gasteiger partial charge on any atom is -0.497 e. The number of halogens is 1. The van der Waals surface area contributed by atoms with Crippen molar-refractivity contribution in [3.05, 3.63) is 52.5 Å². The maximum absolute atomic E-state index is 12.8. The Kier molecular flexibility index (Phi) is 5.11. The summed E-state index contributed by atoms with van der Waals surface area (Å²) >= 11 is 6.57. The van der Waals surface area contributed by atoms with Gasteiger partial charge in [-0.25, -0.2) is 4.79 Å². The van der Waals surface area contributed by atoms with Crippen molar-refractivity contribution in [1.82, 2.24) is 9.80 Å². The Labute approximate surface area is 200 Å². The van der Waals surface area contributed by atoms with Crippen LogP contribution in [-0.4, -0.2) is 53.8 Å². The third-order valence-electron chi connectivity index (χ3n) is 8.77. The zero-order chi connectivity index (χ0) is 22.7. The highest BCUT2D eigenvalue weighted by atomic mass is 35.5. The van der Waals surface area contributed by atoms with Gasteiger partial charge in [0, 0.05) is 12.1 Å². The summed E-state index contributed by atoms with van der Waals surface area (Å²) in [4.78, 5) is 17.1. The highest BCUT2D eigenvalue weighted by molar-refractivity contribution is 6.33. The predicted octanol–water partition coefficient (Wildman–Crippen LogP) is 5.86. The van der Waals surface area contributed by atoms with Crippen molar-refractivity contribution >= 4 is 17.7 Å². The van der Waals surface area contributed by atoms with Gasteiger partial charge in [-0.1, -0.05) is 29.8 Å². The fraction of sp³-hybridized carbons (Fsp3) is 0.519. The van der Waals surface area contributed by atoms with Crippen LogP contribution in [0, 0.1) is 11.3 Å². The van der Waals surface area contributed by atoms with Crippen LogP contribution < -0.4 is 4.74 Å². The van der Waals surface area contributed by atoms with Crippen LogP contribution in [-0.2, 0) is 6.42 Å². The molecule has 3 heterocycles. The molecule has 5 nitrogen and oxygen atoms in total. The van der Waals surface area contributed by atoms with E-state index in [0.29, 0.717) is 10.9 Å². The quantitative estimate of drug-likeness (QED) is 0.613. The molecule has 6 heteroatoms. The van der Waals surface area contributed by atoms with E-state index in [1.54, 1.807) is 7.11 Å². The van der Waals surface area contributed by atoms with Gasteiger partial charge in [0.05, 0.1) is 24.2 Å². The topological polar surface area (TPSA) is 53.0 Å². The number of fused-ring (bicyclic) bond motifs is 4. The number of ether oxygens (including phenoxy) is 1. The smallest absolute Gasteiger partial charge is 0.408 e. The predicted molar refractivity (Wildman–Crippen MR) is 129 cm³/mol. The van der Waals surface area contributed by atoms with Gasteiger partial charge in [-0.2, -0.15) is 0 Å². The van der Waals surface area contributed by atoms with E-state index in [0.717, 1.165) is 75.0 Å². The molecule has 33 heavy (non-hydrogen) atoms. The van der Waals surface area contributed by atoms with Crippen LogP contribution in [0.5, 0.6) is 5.75 Å². The normalized spacial score (nSPS) is 28.9. The first-order valence-electron chi connectivity index (χ1n) is 12.2. The lowest BCUT2D eigenvalue weighted by Gasteiger charge is -2.52. The van der Waals surface area contributed by atoms with Crippen LogP contribution in [0.3, 0.4) is 0 Å². The van der Waals surface area contributed by atoms with E-state index in [-0.39, 0.29) is 17.5 Å². The van der Waals surface area contributed by atoms with Gasteiger partial charge in [0.2, 0.25) is 0 Å².